The third-order valence-electron chi connectivity index (χ3n) is 3.96. The summed E-state index contributed by atoms with van der Waals surface area (Å²) < 4.78 is 6.62. The number of halogens is 1. The Balaban J connectivity index is 1.65. The summed E-state index contributed by atoms with van der Waals surface area (Å²) in [5.74, 6) is 0.316. The maximum absolute atomic E-state index is 12.3. The summed E-state index contributed by atoms with van der Waals surface area (Å²) >= 11 is 3.36. The Kier molecular flexibility index (Phi) is 6.04. The topological polar surface area (TPSA) is 55.4 Å². The van der Waals surface area contributed by atoms with Crippen molar-refractivity contribution in [2.45, 2.75) is 13.5 Å². The van der Waals surface area contributed by atoms with Gasteiger partial charge in [0.15, 0.2) is 5.78 Å². The van der Waals surface area contributed by atoms with E-state index in [-0.39, 0.29) is 11.7 Å². The summed E-state index contributed by atoms with van der Waals surface area (Å²) in [5, 5.41) is 2.85. The van der Waals surface area contributed by atoms with Gasteiger partial charge < -0.3 is 10.1 Å². The Morgan fingerprint density at radius 3 is 2.33 bits per heavy atom. The number of ether oxygens (including phenoxy) is 1. The molecular formula is C22H18BrNO3. The zero-order chi connectivity index (χ0) is 19.2. The molecule has 0 saturated heterocycles. The lowest BCUT2D eigenvalue weighted by Crippen LogP contribution is -2.11. The molecule has 0 aliphatic rings. The number of ketones is 1. The van der Waals surface area contributed by atoms with Crippen LogP contribution >= 0.6 is 15.9 Å². The molecule has 27 heavy (non-hydrogen) atoms. The van der Waals surface area contributed by atoms with E-state index in [4.69, 9.17) is 4.74 Å². The quantitative estimate of drug-likeness (QED) is 0.533. The third-order valence-corrected chi connectivity index (χ3v) is 4.46. The molecule has 0 heterocycles. The van der Waals surface area contributed by atoms with Gasteiger partial charge in [-0.15, -0.1) is 0 Å². The number of carbonyl (C=O) groups is 2. The largest absolute Gasteiger partial charge is 0.488 e. The monoisotopic (exact) mass is 423 g/mol. The van der Waals surface area contributed by atoms with Crippen molar-refractivity contribution >= 4 is 33.3 Å². The molecule has 3 aromatic rings. The lowest BCUT2D eigenvalue weighted by molar-refractivity contribution is 0.100. The van der Waals surface area contributed by atoms with E-state index < -0.39 is 0 Å². The second-order valence-electron chi connectivity index (χ2n) is 6.00. The number of rotatable bonds is 6. The number of hydrogen-bond donors (Lipinski definition) is 1. The molecule has 0 aliphatic heterocycles. The predicted octanol–water partition coefficient (Wildman–Crippen LogP) is 5.48. The molecule has 0 bridgehead atoms. The van der Waals surface area contributed by atoms with E-state index >= 15 is 0 Å². The fraction of sp³-hybridized carbons (Fsp3) is 0.0909. The van der Waals surface area contributed by atoms with Crippen molar-refractivity contribution in [3.63, 3.8) is 0 Å². The van der Waals surface area contributed by atoms with Crippen LogP contribution in [-0.2, 0) is 6.61 Å². The lowest BCUT2D eigenvalue weighted by atomic mass is 10.1. The molecule has 1 N–H and O–H groups in total. The standard InChI is InChI=1S/C22H18BrNO3/c1-15(25)20-13-18(23)11-12-21(20)27-14-16-7-9-17(10-8-16)22(26)24-19-5-3-2-4-6-19/h2-13H,14H2,1H3,(H,24,26). The SMILES string of the molecule is CC(=O)c1cc(Br)ccc1OCc1ccc(C(=O)Nc2ccccc2)cc1. The molecule has 3 rings (SSSR count). The second-order valence-corrected chi connectivity index (χ2v) is 6.92. The molecule has 0 atom stereocenters. The molecule has 0 unspecified atom stereocenters. The normalized spacial score (nSPS) is 10.3. The summed E-state index contributed by atoms with van der Waals surface area (Å²) in [7, 11) is 0. The van der Waals surface area contributed by atoms with Crippen LogP contribution in [0.3, 0.4) is 0 Å². The van der Waals surface area contributed by atoms with Gasteiger partial charge in [0.1, 0.15) is 12.4 Å². The van der Waals surface area contributed by atoms with Gasteiger partial charge in [-0.05, 0) is 55.0 Å². The minimum absolute atomic E-state index is 0.0563. The van der Waals surface area contributed by atoms with Crippen LogP contribution in [0.1, 0.15) is 33.2 Å². The summed E-state index contributed by atoms with van der Waals surface area (Å²) in [5.41, 5.74) is 2.75. The maximum Gasteiger partial charge on any atom is 0.255 e. The highest BCUT2D eigenvalue weighted by Gasteiger charge is 2.10. The van der Waals surface area contributed by atoms with Crippen LogP contribution in [0.15, 0.2) is 77.3 Å². The first-order valence-corrected chi connectivity index (χ1v) is 9.21. The number of benzene rings is 3. The number of Topliss-reactive ketones (excluding diaryl/α,β-unsaturated/α-hetero) is 1. The summed E-state index contributed by atoms with van der Waals surface area (Å²) in [6, 6.07) is 21.8. The molecule has 0 radical (unpaired) electrons. The van der Waals surface area contributed by atoms with Crippen molar-refractivity contribution in [1.82, 2.24) is 0 Å². The molecule has 5 heteroatoms. The molecule has 0 fully saturated rings. The molecular weight excluding hydrogens is 406 g/mol. The molecule has 0 aromatic heterocycles. The average Bonchev–Trinajstić information content (AvgIpc) is 2.68. The number of carbonyl (C=O) groups excluding carboxylic acids is 2. The number of nitrogens with one attached hydrogen (secondary N) is 1. The Hall–Kier alpha value is -2.92. The maximum atomic E-state index is 12.3. The second kappa shape index (κ2) is 8.64. The van der Waals surface area contributed by atoms with Crippen LogP contribution in [0.4, 0.5) is 5.69 Å². The number of amides is 1. The van der Waals surface area contributed by atoms with Crippen molar-refractivity contribution in [1.29, 1.82) is 0 Å². The molecule has 3 aromatic carbocycles. The minimum Gasteiger partial charge on any atom is -0.488 e. The van der Waals surface area contributed by atoms with Gasteiger partial charge in [0.25, 0.3) is 5.91 Å². The first-order valence-electron chi connectivity index (χ1n) is 8.41. The van der Waals surface area contributed by atoms with E-state index in [0.717, 1.165) is 15.7 Å². The zero-order valence-corrected chi connectivity index (χ0v) is 16.3. The lowest BCUT2D eigenvalue weighted by Gasteiger charge is -2.11. The van der Waals surface area contributed by atoms with Crippen LogP contribution in [0, 0.1) is 0 Å². The molecule has 0 aliphatic carbocycles. The van der Waals surface area contributed by atoms with Gasteiger partial charge in [0, 0.05) is 15.7 Å². The number of anilines is 1. The summed E-state index contributed by atoms with van der Waals surface area (Å²) in [6.45, 7) is 1.82. The molecule has 136 valence electrons. The predicted molar refractivity (Wildman–Crippen MR) is 109 cm³/mol. The van der Waals surface area contributed by atoms with E-state index in [2.05, 4.69) is 21.2 Å². The van der Waals surface area contributed by atoms with Crippen LogP contribution in [0.25, 0.3) is 0 Å². The summed E-state index contributed by atoms with van der Waals surface area (Å²) in [6.07, 6.45) is 0. The number of para-hydroxylation sites is 1. The van der Waals surface area contributed by atoms with E-state index in [1.165, 1.54) is 6.92 Å². The van der Waals surface area contributed by atoms with Gasteiger partial charge in [-0.2, -0.15) is 0 Å². The fourth-order valence-electron chi connectivity index (χ4n) is 2.54. The third kappa shape index (κ3) is 5.05. The van der Waals surface area contributed by atoms with Gasteiger partial charge in [0.05, 0.1) is 5.56 Å². The Morgan fingerprint density at radius 1 is 0.963 bits per heavy atom. The fourth-order valence-corrected chi connectivity index (χ4v) is 2.90. The van der Waals surface area contributed by atoms with Gasteiger partial charge >= 0.3 is 0 Å². The van der Waals surface area contributed by atoms with Gasteiger partial charge in [-0.25, -0.2) is 0 Å². The Labute approximate surface area is 166 Å². The Morgan fingerprint density at radius 2 is 1.67 bits per heavy atom. The van der Waals surface area contributed by atoms with Crippen molar-refractivity contribution in [2.24, 2.45) is 0 Å². The van der Waals surface area contributed by atoms with E-state index in [0.29, 0.717) is 23.5 Å². The van der Waals surface area contributed by atoms with Gasteiger partial charge in [0.2, 0.25) is 0 Å². The van der Waals surface area contributed by atoms with Crippen LogP contribution in [0.2, 0.25) is 0 Å². The van der Waals surface area contributed by atoms with Crippen molar-refractivity contribution in [3.8, 4) is 5.75 Å². The van der Waals surface area contributed by atoms with Gasteiger partial charge in [-0.3, -0.25) is 9.59 Å². The highest BCUT2D eigenvalue weighted by atomic mass is 79.9. The van der Waals surface area contributed by atoms with E-state index in [1.807, 2.05) is 48.5 Å². The average molecular weight is 424 g/mol. The van der Waals surface area contributed by atoms with Crippen LogP contribution in [0.5, 0.6) is 5.75 Å². The van der Waals surface area contributed by atoms with E-state index in [9.17, 15) is 9.59 Å². The van der Waals surface area contributed by atoms with E-state index in [1.54, 1.807) is 24.3 Å². The zero-order valence-electron chi connectivity index (χ0n) is 14.7. The van der Waals surface area contributed by atoms with Crippen LogP contribution in [-0.4, -0.2) is 11.7 Å². The number of hydrogen-bond acceptors (Lipinski definition) is 3. The molecule has 0 spiro atoms. The van der Waals surface area contributed by atoms with Crippen molar-refractivity contribution in [2.75, 3.05) is 5.32 Å². The van der Waals surface area contributed by atoms with Gasteiger partial charge in [-0.1, -0.05) is 46.3 Å². The molecule has 1 amide bonds. The van der Waals surface area contributed by atoms with Crippen molar-refractivity contribution in [3.05, 3.63) is 94.0 Å². The summed E-state index contributed by atoms with van der Waals surface area (Å²) in [4.78, 5) is 24.0. The first-order chi connectivity index (χ1) is 13.0. The molecule has 4 nitrogen and oxygen atoms in total. The minimum atomic E-state index is -0.166. The highest BCUT2D eigenvalue weighted by Crippen LogP contribution is 2.24. The molecule has 0 saturated carbocycles. The Bertz CT molecular complexity index is 953. The van der Waals surface area contributed by atoms with Crippen LogP contribution < -0.4 is 10.1 Å². The first kappa shape index (κ1) is 18.9. The smallest absolute Gasteiger partial charge is 0.255 e. The van der Waals surface area contributed by atoms with Crippen molar-refractivity contribution < 1.29 is 14.3 Å². The highest BCUT2D eigenvalue weighted by molar-refractivity contribution is 9.10.